The molecule has 0 saturated carbocycles. The van der Waals surface area contributed by atoms with Gasteiger partial charge in [-0.15, -0.1) is 5.73 Å². The molecule has 0 rings (SSSR count). The Kier molecular flexibility index (Phi) is 6.07. The van der Waals surface area contributed by atoms with Crippen LogP contribution in [0.5, 0.6) is 0 Å². The minimum atomic E-state index is -0.698. The summed E-state index contributed by atoms with van der Waals surface area (Å²) in [6.45, 7) is 8.45. The second kappa shape index (κ2) is 6.80. The number of hydrogen-bond acceptors (Lipinski definition) is 3. The Morgan fingerprint density at radius 3 is 2.40 bits per heavy atom. The van der Waals surface area contributed by atoms with E-state index < -0.39 is 11.9 Å². The van der Waals surface area contributed by atoms with Gasteiger partial charge >= 0.3 is 11.9 Å². The third kappa shape index (κ3) is 5.66. The highest BCUT2D eigenvalue weighted by Gasteiger charge is 2.11. The van der Waals surface area contributed by atoms with E-state index in [1.54, 1.807) is 13.0 Å². The lowest BCUT2D eigenvalue weighted by Gasteiger charge is -1.99. The first-order valence-electron chi connectivity index (χ1n) is 4.82. The highest BCUT2D eigenvalue weighted by Crippen LogP contribution is 1.99. The standard InChI is InChI=1S/C12H16O3/c1-5-6-7-8-10(4)12(14)15-11(13)9(2)3/h7H,2,5-6H2,1,3-4H3. The van der Waals surface area contributed by atoms with Gasteiger partial charge in [0.2, 0.25) is 0 Å². The molecule has 0 aliphatic heterocycles. The van der Waals surface area contributed by atoms with Gasteiger partial charge in [-0.2, -0.15) is 0 Å². The van der Waals surface area contributed by atoms with E-state index in [-0.39, 0.29) is 11.1 Å². The molecule has 3 heteroatoms. The van der Waals surface area contributed by atoms with E-state index in [4.69, 9.17) is 0 Å². The van der Waals surface area contributed by atoms with Crippen molar-refractivity contribution in [1.29, 1.82) is 0 Å². The van der Waals surface area contributed by atoms with Gasteiger partial charge in [0.1, 0.15) is 0 Å². The Balaban J connectivity index is 4.40. The molecule has 82 valence electrons. The topological polar surface area (TPSA) is 43.4 Å². The Morgan fingerprint density at radius 1 is 1.33 bits per heavy atom. The summed E-state index contributed by atoms with van der Waals surface area (Å²) < 4.78 is 4.51. The van der Waals surface area contributed by atoms with Crippen LogP contribution in [-0.4, -0.2) is 11.9 Å². The summed E-state index contributed by atoms with van der Waals surface area (Å²) >= 11 is 0. The number of rotatable bonds is 4. The van der Waals surface area contributed by atoms with Crippen molar-refractivity contribution in [1.82, 2.24) is 0 Å². The maximum Gasteiger partial charge on any atom is 0.349 e. The van der Waals surface area contributed by atoms with E-state index in [9.17, 15) is 9.59 Å². The molecule has 3 nitrogen and oxygen atoms in total. The first-order valence-corrected chi connectivity index (χ1v) is 4.82. The van der Waals surface area contributed by atoms with Crippen molar-refractivity contribution in [3.05, 3.63) is 29.5 Å². The molecule has 15 heavy (non-hydrogen) atoms. The zero-order valence-electron chi connectivity index (χ0n) is 9.42. The van der Waals surface area contributed by atoms with Gasteiger partial charge < -0.3 is 4.74 Å². The highest BCUT2D eigenvalue weighted by atomic mass is 16.6. The van der Waals surface area contributed by atoms with Crippen LogP contribution in [0.1, 0.15) is 33.6 Å². The van der Waals surface area contributed by atoms with Gasteiger partial charge in [0.25, 0.3) is 0 Å². The van der Waals surface area contributed by atoms with Crippen molar-refractivity contribution < 1.29 is 14.3 Å². The lowest BCUT2D eigenvalue weighted by atomic mass is 10.3. The van der Waals surface area contributed by atoms with Gasteiger partial charge in [-0.05, 0) is 26.3 Å². The van der Waals surface area contributed by atoms with Gasteiger partial charge in [0, 0.05) is 5.57 Å². The molecule has 0 fully saturated rings. The Bertz CT molecular complexity index is 331. The molecule has 0 bridgehead atoms. The van der Waals surface area contributed by atoms with Crippen molar-refractivity contribution in [2.75, 3.05) is 0 Å². The van der Waals surface area contributed by atoms with E-state index in [0.29, 0.717) is 0 Å². The molecular weight excluding hydrogens is 192 g/mol. The lowest BCUT2D eigenvalue weighted by Crippen LogP contribution is -2.13. The Hall–Kier alpha value is -1.60. The van der Waals surface area contributed by atoms with Gasteiger partial charge in [0.15, 0.2) is 0 Å². The summed E-state index contributed by atoms with van der Waals surface area (Å²) in [5, 5.41) is 0. The fourth-order valence-corrected chi connectivity index (χ4v) is 0.676. The average molecular weight is 208 g/mol. The quantitative estimate of drug-likeness (QED) is 0.308. The van der Waals surface area contributed by atoms with Crippen LogP contribution < -0.4 is 0 Å². The maximum atomic E-state index is 11.2. The van der Waals surface area contributed by atoms with Gasteiger partial charge in [-0.3, -0.25) is 0 Å². The minimum Gasteiger partial charge on any atom is -0.386 e. The molecule has 0 saturated heterocycles. The Morgan fingerprint density at radius 2 is 1.93 bits per heavy atom. The fraction of sp³-hybridized carbons (Fsp3) is 0.417. The van der Waals surface area contributed by atoms with E-state index in [0.717, 1.165) is 12.8 Å². The van der Waals surface area contributed by atoms with E-state index in [2.05, 4.69) is 17.0 Å². The van der Waals surface area contributed by atoms with E-state index >= 15 is 0 Å². The number of hydrogen-bond donors (Lipinski definition) is 0. The van der Waals surface area contributed by atoms with Crippen LogP contribution in [0.2, 0.25) is 0 Å². The van der Waals surface area contributed by atoms with Gasteiger partial charge in [0.05, 0.1) is 5.57 Å². The lowest BCUT2D eigenvalue weighted by molar-refractivity contribution is -0.153. The molecule has 0 aliphatic carbocycles. The molecule has 0 N–H and O–H groups in total. The summed E-state index contributed by atoms with van der Waals surface area (Å²) in [6.07, 6.45) is 3.58. The van der Waals surface area contributed by atoms with Gasteiger partial charge in [-0.1, -0.05) is 19.9 Å². The first kappa shape index (κ1) is 13.4. The molecule has 0 heterocycles. The first-order chi connectivity index (χ1) is 6.99. The monoisotopic (exact) mass is 208 g/mol. The van der Waals surface area contributed by atoms with Crippen LogP contribution in [0.15, 0.2) is 29.5 Å². The third-order valence-electron chi connectivity index (χ3n) is 1.59. The smallest absolute Gasteiger partial charge is 0.349 e. The largest absolute Gasteiger partial charge is 0.386 e. The van der Waals surface area contributed by atoms with Crippen LogP contribution in [0.4, 0.5) is 0 Å². The predicted molar refractivity (Wildman–Crippen MR) is 58.1 cm³/mol. The molecule has 0 spiro atoms. The predicted octanol–water partition coefficient (Wildman–Crippen LogP) is 2.53. The SMILES string of the molecule is C=C(C)C(=O)OC(=O)C(C)=C=CCCC. The summed E-state index contributed by atoms with van der Waals surface area (Å²) in [6, 6.07) is 0. The average Bonchev–Trinajstić information content (AvgIpc) is 2.17. The zero-order chi connectivity index (χ0) is 11.8. The molecule has 0 aromatic heterocycles. The summed E-state index contributed by atoms with van der Waals surface area (Å²) in [7, 11) is 0. The van der Waals surface area contributed by atoms with E-state index in [1.165, 1.54) is 6.92 Å². The van der Waals surface area contributed by atoms with Crippen LogP contribution in [-0.2, 0) is 14.3 Å². The molecule has 0 aromatic carbocycles. The second-order valence-electron chi connectivity index (χ2n) is 3.22. The van der Waals surface area contributed by atoms with E-state index in [1.807, 2.05) is 6.92 Å². The molecule has 0 radical (unpaired) electrons. The third-order valence-corrected chi connectivity index (χ3v) is 1.59. The molecule has 0 aliphatic rings. The number of unbranched alkanes of at least 4 members (excludes halogenated alkanes) is 1. The molecular formula is C12H16O3. The van der Waals surface area contributed by atoms with Crippen molar-refractivity contribution >= 4 is 11.9 Å². The molecule has 0 atom stereocenters. The minimum absolute atomic E-state index is 0.202. The van der Waals surface area contributed by atoms with Crippen molar-refractivity contribution in [3.8, 4) is 0 Å². The van der Waals surface area contributed by atoms with Crippen molar-refractivity contribution in [2.45, 2.75) is 33.6 Å². The second-order valence-corrected chi connectivity index (χ2v) is 3.22. The van der Waals surface area contributed by atoms with Gasteiger partial charge in [-0.25, -0.2) is 9.59 Å². The Labute approximate surface area is 90.1 Å². The molecule has 0 unspecified atom stereocenters. The van der Waals surface area contributed by atoms with Crippen molar-refractivity contribution in [2.24, 2.45) is 0 Å². The fourth-order valence-electron chi connectivity index (χ4n) is 0.676. The highest BCUT2D eigenvalue weighted by molar-refractivity contribution is 6.00. The van der Waals surface area contributed by atoms with Crippen LogP contribution in [0, 0.1) is 0 Å². The van der Waals surface area contributed by atoms with Crippen molar-refractivity contribution in [3.63, 3.8) is 0 Å². The summed E-state index contributed by atoms with van der Waals surface area (Å²) in [5.74, 6) is -1.37. The zero-order valence-corrected chi connectivity index (χ0v) is 9.42. The number of esters is 2. The van der Waals surface area contributed by atoms with Crippen LogP contribution >= 0.6 is 0 Å². The van der Waals surface area contributed by atoms with Crippen LogP contribution in [0.25, 0.3) is 0 Å². The summed E-state index contributed by atoms with van der Waals surface area (Å²) in [5.41, 5.74) is 3.26. The molecule has 0 amide bonds. The molecule has 0 aromatic rings. The summed E-state index contributed by atoms with van der Waals surface area (Å²) in [4.78, 5) is 22.2. The van der Waals surface area contributed by atoms with Crippen LogP contribution in [0.3, 0.4) is 0 Å². The maximum absolute atomic E-state index is 11.2. The number of ether oxygens (including phenoxy) is 1. The normalized spacial score (nSPS) is 8.73. The number of carbonyl (C=O) groups is 2. The number of carbonyl (C=O) groups excluding carboxylic acids is 2.